The van der Waals surface area contributed by atoms with E-state index in [4.69, 9.17) is 5.73 Å². The predicted octanol–water partition coefficient (Wildman–Crippen LogP) is 1.54. The Morgan fingerprint density at radius 3 is 1.43 bits per heavy atom. The molecule has 0 saturated carbocycles. The van der Waals surface area contributed by atoms with E-state index >= 15 is 0 Å². The van der Waals surface area contributed by atoms with Gasteiger partial charge in [0.1, 0.15) is 0 Å². The van der Waals surface area contributed by atoms with Crippen LogP contribution in [0.3, 0.4) is 0 Å². The quantitative estimate of drug-likeness (QED) is 0.532. The standard InChI is InChI=1S/C3H9N.C2H6.H3N/c1-2-3-4;1-2;/h2-4H2,1H3;1-2H3;1H3. The molecule has 0 heterocycles. The fourth-order valence-corrected chi connectivity index (χ4v) is 0. The van der Waals surface area contributed by atoms with Crippen molar-refractivity contribution in [3.63, 3.8) is 0 Å². The van der Waals surface area contributed by atoms with Gasteiger partial charge in [0.05, 0.1) is 0 Å². The summed E-state index contributed by atoms with van der Waals surface area (Å²) in [6.45, 7) is 6.88. The van der Waals surface area contributed by atoms with Gasteiger partial charge >= 0.3 is 0 Å². The zero-order valence-corrected chi connectivity index (χ0v) is 5.70. The zero-order valence-electron chi connectivity index (χ0n) is 5.70. The Morgan fingerprint density at radius 2 is 1.43 bits per heavy atom. The minimum atomic E-state index is 0. The molecule has 0 aromatic rings. The van der Waals surface area contributed by atoms with Crippen molar-refractivity contribution < 1.29 is 0 Å². The minimum Gasteiger partial charge on any atom is -0.344 e. The molecule has 0 saturated heterocycles. The van der Waals surface area contributed by atoms with Crippen molar-refractivity contribution in [3.8, 4) is 0 Å². The summed E-state index contributed by atoms with van der Waals surface area (Å²) in [6, 6.07) is 0. The summed E-state index contributed by atoms with van der Waals surface area (Å²) in [5.41, 5.74) is 5.03. The summed E-state index contributed by atoms with van der Waals surface area (Å²) in [7, 11) is 0. The molecule has 0 amide bonds. The Hall–Kier alpha value is -0.0800. The summed E-state index contributed by atoms with van der Waals surface area (Å²) in [5, 5.41) is 0. The topological polar surface area (TPSA) is 61.0 Å². The van der Waals surface area contributed by atoms with Crippen LogP contribution in [0.1, 0.15) is 27.2 Å². The fraction of sp³-hybridized carbons (Fsp3) is 1.00. The van der Waals surface area contributed by atoms with E-state index in [0.717, 1.165) is 13.0 Å². The van der Waals surface area contributed by atoms with E-state index in [1.165, 1.54) is 0 Å². The van der Waals surface area contributed by atoms with E-state index in [9.17, 15) is 0 Å². The first kappa shape index (κ1) is 15.8. The molecule has 0 spiro atoms. The summed E-state index contributed by atoms with van der Waals surface area (Å²) in [5.74, 6) is 0. The molecule has 0 atom stereocenters. The number of nitrogens with two attached hydrogens (primary N) is 1. The van der Waals surface area contributed by atoms with Crippen molar-refractivity contribution in [1.29, 1.82) is 0 Å². The monoisotopic (exact) mass is 106 g/mol. The molecule has 0 aromatic heterocycles. The molecule has 2 nitrogen and oxygen atoms in total. The maximum atomic E-state index is 5.03. The lowest BCUT2D eigenvalue weighted by atomic mass is 10.5. The molecule has 5 N–H and O–H groups in total. The van der Waals surface area contributed by atoms with Crippen LogP contribution in [0.2, 0.25) is 0 Å². The van der Waals surface area contributed by atoms with Gasteiger partial charge in [-0.25, -0.2) is 0 Å². The lowest BCUT2D eigenvalue weighted by molar-refractivity contribution is 0.932. The van der Waals surface area contributed by atoms with Gasteiger partial charge in [-0.15, -0.1) is 0 Å². The second-order valence-electron chi connectivity index (χ2n) is 0.789. The average molecular weight is 106 g/mol. The van der Waals surface area contributed by atoms with Crippen LogP contribution in [-0.2, 0) is 0 Å². The third-order valence-corrected chi connectivity index (χ3v) is 0.289. The van der Waals surface area contributed by atoms with E-state index in [-0.39, 0.29) is 6.15 Å². The van der Waals surface area contributed by atoms with E-state index in [0.29, 0.717) is 0 Å². The Bertz CT molecular complexity index is 8.04. The second kappa shape index (κ2) is 38.9. The lowest BCUT2D eigenvalue weighted by Gasteiger charge is -1.70. The molecule has 0 fully saturated rings. The highest BCUT2D eigenvalue weighted by atomic mass is 14.5. The van der Waals surface area contributed by atoms with Gasteiger partial charge in [0.2, 0.25) is 0 Å². The molecule has 0 aliphatic carbocycles. The summed E-state index contributed by atoms with van der Waals surface area (Å²) in [4.78, 5) is 0. The van der Waals surface area contributed by atoms with Crippen LogP contribution < -0.4 is 11.9 Å². The maximum absolute atomic E-state index is 5.03. The highest BCUT2D eigenvalue weighted by Crippen LogP contribution is 1.57. The van der Waals surface area contributed by atoms with Crippen molar-refractivity contribution in [2.24, 2.45) is 5.73 Å². The number of hydrogen-bond acceptors (Lipinski definition) is 2. The van der Waals surface area contributed by atoms with Gasteiger partial charge in [0.25, 0.3) is 0 Å². The predicted molar refractivity (Wildman–Crippen MR) is 35.7 cm³/mol. The summed E-state index contributed by atoms with van der Waals surface area (Å²) < 4.78 is 0. The molecule has 0 aliphatic rings. The third-order valence-electron chi connectivity index (χ3n) is 0.289. The molecule has 0 bridgehead atoms. The van der Waals surface area contributed by atoms with Crippen LogP contribution in [-0.4, -0.2) is 6.54 Å². The van der Waals surface area contributed by atoms with Gasteiger partial charge in [0, 0.05) is 0 Å². The van der Waals surface area contributed by atoms with Crippen molar-refractivity contribution >= 4 is 0 Å². The van der Waals surface area contributed by atoms with E-state index < -0.39 is 0 Å². The Labute approximate surface area is 46.7 Å². The average Bonchev–Trinajstić information content (AvgIpc) is 1.72. The zero-order chi connectivity index (χ0) is 5.41. The molecule has 2 heteroatoms. The van der Waals surface area contributed by atoms with Crippen molar-refractivity contribution in [3.05, 3.63) is 0 Å². The summed E-state index contributed by atoms with van der Waals surface area (Å²) >= 11 is 0. The van der Waals surface area contributed by atoms with Crippen LogP contribution in [0.4, 0.5) is 0 Å². The molecule has 0 rings (SSSR count). The largest absolute Gasteiger partial charge is 0.344 e. The van der Waals surface area contributed by atoms with Crippen LogP contribution in [0.25, 0.3) is 0 Å². The number of rotatable bonds is 1. The highest BCUT2D eigenvalue weighted by molar-refractivity contribution is 4.19. The minimum absolute atomic E-state index is 0. The van der Waals surface area contributed by atoms with Gasteiger partial charge in [-0.2, -0.15) is 0 Å². The van der Waals surface area contributed by atoms with Gasteiger partial charge < -0.3 is 11.9 Å². The molecule has 0 aromatic carbocycles. The third kappa shape index (κ3) is 107. The number of hydrogen-bond donors (Lipinski definition) is 2. The van der Waals surface area contributed by atoms with Gasteiger partial charge in [-0.05, 0) is 13.0 Å². The Balaban J connectivity index is -0.0000000480. The van der Waals surface area contributed by atoms with Crippen molar-refractivity contribution in [2.75, 3.05) is 6.54 Å². The van der Waals surface area contributed by atoms with Crippen LogP contribution in [0.5, 0.6) is 0 Å². The molecule has 7 heavy (non-hydrogen) atoms. The van der Waals surface area contributed by atoms with E-state index in [1.807, 2.05) is 13.8 Å². The van der Waals surface area contributed by atoms with Crippen molar-refractivity contribution in [2.45, 2.75) is 27.2 Å². The second-order valence-corrected chi connectivity index (χ2v) is 0.789. The molecule has 0 radical (unpaired) electrons. The first-order valence-corrected chi connectivity index (χ1v) is 2.62. The molecular weight excluding hydrogens is 88.1 g/mol. The van der Waals surface area contributed by atoms with Gasteiger partial charge in [-0.1, -0.05) is 20.8 Å². The Kier molecular flexibility index (Phi) is 87.6. The molecule has 48 valence electrons. The maximum Gasteiger partial charge on any atom is -0.00799 e. The van der Waals surface area contributed by atoms with Crippen LogP contribution in [0.15, 0.2) is 0 Å². The van der Waals surface area contributed by atoms with E-state index in [1.54, 1.807) is 0 Å². The van der Waals surface area contributed by atoms with Gasteiger partial charge in [-0.3, -0.25) is 0 Å². The molecule has 0 aliphatic heterocycles. The Morgan fingerprint density at radius 1 is 1.29 bits per heavy atom. The first-order valence-electron chi connectivity index (χ1n) is 2.62. The van der Waals surface area contributed by atoms with Crippen LogP contribution in [0, 0.1) is 0 Å². The van der Waals surface area contributed by atoms with Crippen molar-refractivity contribution in [1.82, 2.24) is 6.15 Å². The summed E-state index contributed by atoms with van der Waals surface area (Å²) in [6.07, 6.45) is 1.10. The first-order chi connectivity index (χ1) is 2.91. The SMILES string of the molecule is CC.CCCN.N. The fourth-order valence-electron chi connectivity index (χ4n) is 0. The van der Waals surface area contributed by atoms with Crippen LogP contribution >= 0.6 is 0 Å². The highest BCUT2D eigenvalue weighted by Gasteiger charge is 1.55. The van der Waals surface area contributed by atoms with E-state index in [2.05, 4.69) is 6.92 Å². The molecule has 0 unspecified atom stereocenters. The smallest absolute Gasteiger partial charge is 0.00799 e. The molecular formula is C5H18N2. The lowest BCUT2D eigenvalue weighted by Crippen LogP contribution is -1.93. The van der Waals surface area contributed by atoms with Gasteiger partial charge in [0.15, 0.2) is 0 Å². The normalized spacial score (nSPS) is 5.14.